The number of halogens is 2. The Hall–Kier alpha value is -1.92. The van der Waals surface area contributed by atoms with E-state index < -0.39 is 5.82 Å². The highest BCUT2D eigenvalue weighted by Crippen LogP contribution is 2.17. The molecule has 0 bridgehead atoms. The van der Waals surface area contributed by atoms with Gasteiger partial charge in [-0.2, -0.15) is 0 Å². The zero-order chi connectivity index (χ0) is 15.9. The highest BCUT2D eigenvalue weighted by molar-refractivity contribution is 8.00. The molecule has 2 rings (SSSR count). The van der Waals surface area contributed by atoms with Crippen LogP contribution < -0.4 is 5.32 Å². The van der Waals surface area contributed by atoms with E-state index in [1.807, 2.05) is 0 Å². The monoisotopic (exact) mass is 323 g/mol. The van der Waals surface area contributed by atoms with E-state index in [4.69, 9.17) is 5.11 Å². The van der Waals surface area contributed by atoms with Crippen LogP contribution in [0, 0.1) is 11.6 Å². The lowest BCUT2D eigenvalue weighted by atomic mass is 10.1. The Morgan fingerprint density at radius 3 is 2.55 bits per heavy atom. The second-order valence-corrected chi connectivity index (χ2v) is 5.65. The molecule has 0 aliphatic heterocycles. The SMILES string of the molecule is O=C(CSc1ccc(F)cc1)NCc1ccc(F)c(CO)c1. The van der Waals surface area contributed by atoms with Gasteiger partial charge in [-0.3, -0.25) is 4.79 Å². The minimum atomic E-state index is -0.468. The number of carbonyl (C=O) groups is 1. The van der Waals surface area contributed by atoms with Crippen molar-refractivity contribution in [1.82, 2.24) is 5.32 Å². The van der Waals surface area contributed by atoms with Gasteiger partial charge in [0.1, 0.15) is 11.6 Å². The molecule has 2 N–H and O–H groups in total. The van der Waals surface area contributed by atoms with Crippen LogP contribution in [0.3, 0.4) is 0 Å². The summed E-state index contributed by atoms with van der Waals surface area (Å²) in [5.74, 6) is -0.752. The third kappa shape index (κ3) is 4.82. The van der Waals surface area contributed by atoms with Crippen molar-refractivity contribution in [3.05, 3.63) is 65.2 Å². The maximum Gasteiger partial charge on any atom is 0.230 e. The number of amides is 1. The van der Waals surface area contributed by atoms with Gasteiger partial charge in [-0.1, -0.05) is 6.07 Å². The van der Waals surface area contributed by atoms with Gasteiger partial charge in [0.05, 0.1) is 12.4 Å². The number of nitrogens with one attached hydrogen (secondary N) is 1. The van der Waals surface area contributed by atoms with Crippen LogP contribution in [0.1, 0.15) is 11.1 Å². The lowest BCUT2D eigenvalue weighted by Crippen LogP contribution is -2.24. The summed E-state index contributed by atoms with van der Waals surface area (Å²) in [6, 6.07) is 10.2. The number of rotatable bonds is 6. The third-order valence-electron chi connectivity index (χ3n) is 2.95. The highest BCUT2D eigenvalue weighted by Gasteiger charge is 2.06. The fraction of sp³-hybridized carbons (Fsp3) is 0.188. The Morgan fingerprint density at radius 2 is 1.86 bits per heavy atom. The summed E-state index contributed by atoms with van der Waals surface area (Å²) < 4.78 is 26.0. The summed E-state index contributed by atoms with van der Waals surface area (Å²) in [5.41, 5.74) is 0.915. The Kier molecular flexibility index (Phi) is 5.91. The van der Waals surface area contributed by atoms with Crippen LogP contribution in [0.2, 0.25) is 0 Å². The maximum atomic E-state index is 13.2. The largest absolute Gasteiger partial charge is 0.392 e. The number of aliphatic hydroxyl groups excluding tert-OH is 1. The molecule has 0 saturated carbocycles. The molecule has 6 heteroatoms. The van der Waals surface area contributed by atoms with Crippen LogP contribution in [0.25, 0.3) is 0 Å². The van der Waals surface area contributed by atoms with Crippen molar-refractivity contribution >= 4 is 17.7 Å². The molecule has 116 valence electrons. The van der Waals surface area contributed by atoms with Crippen molar-refractivity contribution in [3.63, 3.8) is 0 Å². The zero-order valence-electron chi connectivity index (χ0n) is 11.7. The van der Waals surface area contributed by atoms with Gasteiger partial charge >= 0.3 is 0 Å². The molecule has 0 unspecified atom stereocenters. The van der Waals surface area contributed by atoms with Crippen LogP contribution in [-0.4, -0.2) is 16.8 Å². The number of carbonyl (C=O) groups excluding carboxylic acids is 1. The van der Waals surface area contributed by atoms with Crippen LogP contribution in [0.15, 0.2) is 47.4 Å². The van der Waals surface area contributed by atoms with E-state index in [-0.39, 0.29) is 36.2 Å². The lowest BCUT2D eigenvalue weighted by Gasteiger charge is -2.07. The van der Waals surface area contributed by atoms with E-state index in [1.165, 1.54) is 36.0 Å². The molecular formula is C16H15F2NO2S. The van der Waals surface area contributed by atoms with Crippen LogP contribution in [0.5, 0.6) is 0 Å². The lowest BCUT2D eigenvalue weighted by molar-refractivity contribution is -0.118. The Balaban J connectivity index is 1.81. The molecule has 0 aromatic heterocycles. The maximum absolute atomic E-state index is 13.2. The summed E-state index contributed by atoms with van der Waals surface area (Å²) in [5, 5.41) is 11.7. The molecule has 0 spiro atoms. The van der Waals surface area contributed by atoms with Gasteiger partial charge in [-0.15, -0.1) is 11.8 Å². The van der Waals surface area contributed by atoms with Gasteiger partial charge in [0.25, 0.3) is 0 Å². The van der Waals surface area contributed by atoms with E-state index in [1.54, 1.807) is 18.2 Å². The van der Waals surface area contributed by atoms with E-state index in [0.29, 0.717) is 5.56 Å². The normalized spacial score (nSPS) is 10.5. The first kappa shape index (κ1) is 16.5. The first-order valence-corrected chi connectivity index (χ1v) is 7.60. The summed E-state index contributed by atoms with van der Waals surface area (Å²) >= 11 is 1.30. The van der Waals surface area contributed by atoms with Gasteiger partial charge in [-0.25, -0.2) is 8.78 Å². The molecule has 2 aromatic carbocycles. The van der Waals surface area contributed by atoms with E-state index in [9.17, 15) is 13.6 Å². The van der Waals surface area contributed by atoms with Gasteiger partial charge in [0.15, 0.2) is 0 Å². The second-order valence-electron chi connectivity index (χ2n) is 4.60. The molecule has 1 amide bonds. The Labute approximate surface area is 131 Å². The molecule has 0 radical (unpaired) electrons. The standard InChI is InChI=1S/C16H15F2NO2S/c17-13-2-4-14(5-3-13)22-10-16(21)19-8-11-1-6-15(18)12(7-11)9-20/h1-7,20H,8-10H2,(H,19,21). The summed E-state index contributed by atoms with van der Waals surface area (Å²) in [6.45, 7) is -0.121. The van der Waals surface area contributed by atoms with Crippen molar-refractivity contribution in [2.24, 2.45) is 0 Å². The average Bonchev–Trinajstić information content (AvgIpc) is 2.53. The number of aliphatic hydroxyl groups is 1. The number of hydrogen-bond acceptors (Lipinski definition) is 3. The number of thioether (sulfide) groups is 1. The second kappa shape index (κ2) is 7.91. The predicted octanol–water partition coefficient (Wildman–Crippen LogP) is 2.87. The Bertz CT molecular complexity index is 647. The molecule has 0 saturated heterocycles. The quantitative estimate of drug-likeness (QED) is 0.804. The van der Waals surface area contributed by atoms with Gasteiger partial charge in [0, 0.05) is 17.0 Å². The molecule has 0 aliphatic carbocycles. The Morgan fingerprint density at radius 1 is 1.14 bits per heavy atom. The molecule has 22 heavy (non-hydrogen) atoms. The smallest absolute Gasteiger partial charge is 0.230 e. The van der Waals surface area contributed by atoms with Crippen molar-refractivity contribution < 1.29 is 18.7 Å². The number of hydrogen-bond donors (Lipinski definition) is 2. The van der Waals surface area contributed by atoms with Crippen molar-refractivity contribution in [2.75, 3.05) is 5.75 Å². The fourth-order valence-corrected chi connectivity index (χ4v) is 2.52. The van der Waals surface area contributed by atoms with Crippen molar-refractivity contribution in [3.8, 4) is 0 Å². The minimum Gasteiger partial charge on any atom is -0.392 e. The minimum absolute atomic E-state index is 0.177. The average molecular weight is 323 g/mol. The van der Waals surface area contributed by atoms with Gasteiger partial charge in [-0.05, 0) is 42.0 Å². The van der Waals surface area contributed by atoms with E-state index >= 15 is 0 Å². The van der Waals surface area contributed by atoms with E-state index in [2.05, 4.69) is 5.32 Å². The van der Waals surface area contributed by atoms with Crippen LogP contribution in [0.4, 0.5) is 8.78 Å². The highest BCUT2D eigenvalue weighted by atomic mass is 32.2. The summed E-state index contributed by atoms with van der Waals surface area (Å²) in [6.07, 6.45) is 0. The first-order chi connectivity index (χ1) is 10.6. The molecular weight excluding hydrogens is 308 g/mol. The van der Waals surface area contributed by atoms with Gasteiger partial charge in [0.2, 0.25) is 5.91 Å². The first-order valence-electron chi connectivity index (χ1n) is 6.61. The molecule has 0 atom stereocenters. The molecule has 3 nitrogen and oxygen atoms in total. The fourth-order valence-electron chi connectivity index (χ4n) is 1.79. The topological polar surface area (TPSA) is 49.3 Å². The van der Waals surface area contributed by atoms with Crippen LogP contribution >= 0.6 is 11.8 Å². The zero-order valence-corrected chi connectivity index (χ0v) is 12.5. The van der Waals surface area contributed by atoms with Crippen LogP contribution in [-0.2, 0) is 17.9 Å². The third-order valence-corrected chi connectivity index (χ3v) is 3.97. The molecule has 2 aromatic rings. The molecule has 0 fully saturated rings. The predicted molar refractivity (Wildman–Crippen MR) is 81.3 cm³/mol. The van der Waals surface area contributed by atoms with Crippen molar-refractivity contribution in [1.29, 1.82) is 0 Å². The molecule has 0 aliphatic rings. The molecule has 0 heterocycles. The summed E-state index contributed by atoms with van der Waals surface area (Å²) in [4.78, 5) is 12.6. The number of benzene rings is 2. The van der Waals surface area contributed by atoms with Crippen molar-refractivity contribution in [2.45, 2.75) is 18.0 Å². The summed E-state index contributed by atoms with van der Waals surface area (Å²) in [7, 11) is 0. The van der Waals surface area contributed by atoms with E-state index in [0.717, 1.165) is 4.90 Å². The van der Waals surface area contributed by atoms with Gasteiger partial charge < -0.3 is 10.4 Å².